The van der Waals surface area contributed by atoms with Crippen molar-refractivity contribution >= 4 is 46.6 Å². The Balaban J connectivity index is 2.54. The smallest absolute Gasteiger partial charge is 0.432 e. The Morgan fingerprint density at radius 1 is 1.18 bits per heavy atom. The molecule has 0 saturated heterocycles. The lowest BCUT2D eigenvalue weighted by atomic mass is 10.1. The molecular weight excluding hydrogens is 453 g/mol. The van der Waals surface area contributed by atoms with E-state index in [2.05, 4.69) is 4.74 Å². The van der Waals surface area contributed by atoms with Crippen molar-refractivity contribution in [3.8, 4) is 16.9 Å². The van der Waals surface area contributed by atoms with Crippen LogP contribution in [0.3, 0.4) is 0 Å². The van der Waals surface area contributed by atoms with E-state index in [4.69, 9.17) is 39.5 Å². The van der Waals surface area contributed by atoms with Crippen molar-refractivity contribution in [2.75, 3.05) is 13.7 Å². The number of carbonyl (C=O) groups is 2. The zero-order valence-corrected chi connectivity index (χ0v) is 16.4. The maximum Gasteiger partial charge on any atom is 0.432 e. The second kappa shape index (κ2) is 8.18. The number of alkyl halides is 3. The van der Waals surface area contributed by atoms with Crippen molar-refractivity contribution < 1.29 is 36.6 Å². The van der Waals surface area contributed by atoms with E-state index in [1.54, 1.807) is 0 Å². The van der Waals surface area contributed by atoms with Crippen molar-refractivity contribution in [1.82, 2.24) is 4.57 Å². The summed E-state index contributed by atoms with van der Waals surface area (Å²) in [7, 11) is 2.00. The maximum atomic E-state index is 14.4. The molecule has 0 atom stereocenters. The van der Waals surface area contributed by atoms with Crippen LogP contribution in [0.15, 0.2) is 12.1 Å². The van der Waals surface area contributed by atoms with Crippen LogP contribution in [-0.2, 0) is 27.5 Å². The molecule has 0 aliphatic carbocycles. The second-order valence-electron chi connectivity index (χ2n) is 5.35. The number of hydrogen-bond donors (Lipinski definition) is 0. The molecule has 0 fully saturated rings. The summed E-state index contributed by atoms with van der Waals surface area (Å²) in [6, 6.07) is 1.68. The number of nitrogens with zero attached hydrogens (tertiary/aromatic N) is 1. The van der Waals surface area contributed by atoms with E-state index < -0.39 is 57.3 Å². The zero-order chi connectivity index (χ0) is 21.4. The van der Waals surface area contributed by atoms with Crippen LogP contribution >= 0.6 is 34.8 Å². The van der Waals surface area contributed by atoms with Crippen molar-refractivity contribution in [2.45, 2.75) is 6.18 Å². The van der Waals surface area contributed by atoms with Crippen LogP contribution < -0.4 is 4.74 Å². The number of ketones is 1. The highest BCUT2D eigenvalue weighted by Gasteiger charge is 2.40. The van der Waals surface area contributed by atoms with Gasteiger partial charge in [-0.2, -0.15) is 13.2 Å². The molecule has 5 nitrogen and oxygen atoms in total. The van der Waals surface area contributed by atoms with Crippen LogP contribution in [0.25, 0.3) is 11.1 Å². The fourth-order valence-electron chi connectivity index (χ4n) is 2.31. The van der Waals surface area contributed by atoms with Gasteiger partial charge >= 0.3 is 12.1 Å². The minimum Gasteiger partial charge on any atom is -0.484 e. The van der Waals surface area contributed by atoms with Crippen molar-refractivity contribution in [1.29, 1.82) is 0 Å². The van der Waals surface area contributed by atoms with Crippen LogP contribution in [0.5, 0.6) is 5.75 Å². The molecular formula is C16H10Cl3F4NO4. The molecule has 1 aromatic heterocycles. The molecule has 28 heavy (non-hydrogen) atoms. The highest BCUT2D eigenvalue weighted by molar-refractivity contribution is 6.40. The van der Waals surface area contributed by atoms with Crippen LogP contribution in [0, 0.1) is 5.82 Å². The number of Topliss-reactive ketones (excluding diaryl/α,β-unsaturated/α-hetero) is 1. The fourth-order valence-corrected chi connectivity index (χ4v) is 3.27. The highest BCUT2D eigenvalue weighted by atomic mass is 35.5. The maximum absolute atomic E-state index is 14.4. The molecule has 1 heterocycles. The van der Waals surface area contributed by atoms with Crippen LogP contribution in [0.2, 0.25) is 15.2 Å². The summed E-state index contributed by atoms with van der Waals surface area (Å²) in [5.74, 6) is -3.54. The molecule has 2 aromatic rings. The van der Waals surface area contributed by atoms with Gasteiger partial charge in [-0.05, 0) is 12.1 Å². The summed E-state index contributed by atoms with van der Waals surface area (Å²) >= 11 is 17.6. The van der Waals surface area contributed by atoms with Gasteiger partial charge < -0.3 is 14.0 Å². The van der Waals surface area contributed by atoms with E-state index in [0.29, 0.717) is 4.57 Å². The third-order valence-corrected chi connectivity index (χ3v) is 4.70. The Labute approximate surface area is 170 Å². The predicted molar refractivity (Wildman–Crippen MR) is 93.4 cm³/mol. The first-order valence-corrected chi connectivity index (χ1v) is 8.37. The normalized spacial score (nSPS) is 11.5. The van der Waals surface area contributed by atoms with Crippen LogP contribution in [0.1, 0.15) is 5.69 Å². The van der Waals surface area contributed by atoms with Gasteiger partial charge in [0.2, 0.25) is 0 Å². The summed E-state index contributed by atoms with van der Waals surface area (Å²) < 4.78 is 63.8. The molecule has 0 N–H and O–H groups in total. The summed E-state index contributed by atoms with van der Waals surface area (Å²) in [6.07, 6.45) is -4.84. The van der Waals surface area contributed by atoms with Crippen molar-refractivity contribution in [3.05, 3.63) is 38.8 Å². The van der Waals surface area contributed by atoms with Gasteiger partial charge in [0.1, 0.15) is 22.4 Å². The van der Waals surface area contributed by atoms with E-state index in [9.17, 15) is 27.2 Å². The highest BCUT2D eigenvalue weighted by Crippen LogP contribution is 2.47. The quantitative estimate of drug-likeness (QED) is 0.359. The van der Waals surface area contributed by atoms with E-state index in [1.165, 1.54) is 0 Å². The molecule has 0 radical (unpaired) electrons. The van der Waals surface area contributed by atoms with Gasteiger partial charge in [-0.15, -0.1) is 0 Å². The monoisotopic (exact) mass is 461 g/mol. The minimum atomic E-state index is -4.84. The van der Waals surface area contributed by atoms with Gasteiger partial charge in [0.25, 0.3) is 5.78 Å². The summed E-state index contributed by atoms with van der Waals surface area (Å²) in [5, 5.41) is -1.59. The third-order valence-electron chi connectivity index (χ3n) is 3.59. The average Bonchev–Trinajstić information content (AvgIpc) is 2.82. The van der Waals surface area contributed by atoms with Gasteiger partial charge in [0, 0.05) is 18.2 Å². The molecule has 12 heteroatoms. The molecule has 152 valence electrons. The summed E-state index contributed by atoms with van der Waals surface area (Å²) in [5.41, 5.74) is -2.14. The number of benzene rings is 1. The molecule has 0 spiro atoms. The fraction of sp³-hybridized carbons (Fsp3) is 0.250. The first kappa shape index (κ1) is 22.3. The number of aromatic nitrogens is 1. The molecule has 0 amide bonds. The Bertz CT molecular complexity index is 957. The molecule has 2 rings (SSSR count). The first-order valence-electron chi connectivity index (χ1n) is 7.24. The van der Waals surface area contributed by atoms with Crippen LogP contribution in [-0.4, -0.2) is 30.0 Å². The number of halogens is 7. The molecule has 0 aliphatic rings. The van der Waals surface area contributed by atoms with Crippen molar-refractivity contribution in [2.24, 2.45) is 7.05 Å². The van der Waals surface area contributed by atoms with E-state index >= 15 is 0 Å². The molecule has 0 aliphatic heterocycles. The third kappa shape index (κ3) is 4.21. The lowest BCUT2D eigenvalue weighted by Crippen LogP contribution is -2.22. The standard InChI is InChI=1S/C16H10Cl3F4NO4/c1-24-13(16(21,22)23)12(18)11(14(24)19)6-3-10(7(17)4-8(6)20)28-5-9(25)15(26)27-2/h3-4H,5H2,1-2H3. The largest absolute Gasteiger partial charge is 0.484 e. The first-order chi connectivity index (χ1) is 12.9. The molecule has 0 saturated carbocycles. The van der Waals surface area contributed by atoms with Gasteiger partial charge in [-0.1, -0.05) is 34.8 Å². The van der Waals surface area contributed by atoms with Crippen LogP contribution in [0.4, 0.5) is 17.6 Å². The van der Waals surface area contributed by atoms with Gasteiger partial charge in [-0.3, -0.25) is 4.79 Å². The second-order valence-corrected chi connectivity index (χ2v) is 6.49. The van der Waals surface area contributed by atoms with Crippen molar-refractivity contribution in [3.63, 3.8) is 0 Å². The number of carbonyl (C=O) groups excluding carboxylic acids is 2. The Kier molecular flexibility index (Phi) is 6.52. The lowest BCUT2D eigenvalue weighted by molar-refractivity contribution is -0.152. The molecule has 1 aromatic carbocycles. The lowest BCUT2D eigenvalue weighted by Gasteiger charge is -2.11. The summed E-state index contributed by atoms with van der Waals surface area (Å²) in [6.45, 7) is -0.790. The van der Waals surface area contributed by atoms with Gasteiger partial charge in [0.15, 0.2) is 6.61 Å². The average molecular weight is 463 g/mol. The zero-order valence-electron chi connectivity index (χ0n) is 14.1. The predicted octanol–water partition coefficient (Wildman–Crippen LogP) is 4.93. The SMILES string of the molecule is COC(=O)C(=O)COc1cc(-c2c(Cl)c(C(F)(F)F)n(C)c2Cl)c(F)cc1Cl. The molecule has 0 unspecified atom stereocenters. The van der Waals surface area contributed by atoms with E-state index in [1.807, 2.05) is 0 Å². The summed E-state index contributed by atoms with van der Waals surface area (Å²) in [4.78, 5) is 22.6. The minimum absolute atomic E-state index is 0.278. The molecule has 0 bridgehead atoms. The van der Waals surface area contributed by atoms with Gasteiger partial charge in [-0.25, -0.2) is 9.18 Å². The number of rotatable bonds is 5. The van der Waals surface area contributed by atoms with E-state index in [-0.39, 0.29) is 10.8 Å². The number of methoxy groups -OCH3 is 1. The Hall–Kier alpha value is -1.97. The van der Waals surface area contributed by atoms with E-state index in [0.717, 1.165) is 26.3 Å². The number of esters is 1. The number of ether oxygens (including phenoxy) is 2. The van der Waals surface area contributed by atoms with Gasteiger partial charge in [0.05, 0.1) is 17.2 Å². The number of hydrogen-bond acceptors (Lipinski definition) is 4. The Morgan fingerprint density at radius 2 is 1.79 bits per heavy atom. The Morgan fingerprint density at radius 3 is 2.29 bits per heavy atom. The topological polar surface area (TPSA) is 57.5 Å².